The number of halogens is 3. The van der Waals surface area contributed by atoms with Gasteiger partial charge in [-0.15, -0.1) is 0 Å². The van der Waals surface area contributed by atoms with Crippen molar-refractivity contribution in [3.63, 3.8) is 0 Å². The summed E-state index contributed by atoms with van der Waals surface area (Å²) >= 11 is 3.15. The summed E-state index contributed by atoms with van der Waals surface area (Å²) < 4.78 is 28.2. The minimum atomic E-state index is -0.954. The molecule has 0 bridgehead atoms. The van der Waals surface area contributed by atoms with Crippen LogP contribution in [0.5, 0.6) is 0 Å². The lowest BCUT2D eigenvalue weighted by molar-refractivity contribution is 0.494. The molecule has 0 amide bonds. The second-order valence-electron chi connectivity index (χ2n) is 4.17. The molecule has 0 aliphatic heterocycles. The molecule has 2 N–H and O–H groups in total. The van der Waals surface area contributed by atoms with E-state index >= 15 is 0 Å². The third-order valence-electron chi connectivity index (χ3n) is 2.88. The number of pyridine rings is 1. The summed E-state index contributed by atoms with van der Waals surface area (Å²) in [6.07, 6.45) is 1.42. The monoisotopic (exact) mass is 328 g/mol. The summed E-state index contributed by atoms with van der Waals surface area (Å²) in [6.45, 7) is 1.62. The molecule has 3 nitrogen and oxygen atoms in total. The Hall–Kier alpha value is -1.69. The van der Waals surface area contributed by atoms with Crippen LogP contribution in [-0.2, 0) is 6.54 Å². The van der Waals surface area contributed by atoms with Crippen LogP contribution in [0.15, 0.2) is 33.7 Å². The fraction of sp³-hybridized carbons (Fsp3) is 0.154. The van der Waals surface area contributed by atoms with E-state index in [0.29, 0.717) is 15.7 Å². The maximum Gasteiger partial charge on any atom is 0.265 e. The maximum atomic E-state index is 13.6. The SMILES string of the molecule is Cc1c(N)cn(Cc2cccc(F)c2F)c(=O)c1Br. The molecule has 1 aromatic heterocycles. The van der Waals surface area contributed by atoms with Gasteiger partial charge >= 0.3 is 0 Å². The largest absolute Gasteiger partial charge is 0.397 e. The van der Waals surface area contributed by atoms with E-state index in [4.69, 9.17) is 5.73 Å². The van der Waals surface area contributed by atoms with Crippen LogP contribution in [0.2, 0.25) is 0 Å². The van der Waals surface area contributed by atoms with Crippen molar-refractivity contribution in [1.82, 2.24) is 4.57 Å². The van der Waals surface area contributed by atoms with Gasteiger partial charge in [-0.05, 0) is 34.5 Å². The molecule has 2 aromatic rings. The van der Waals surface area contributed by atoms with Crippen LogP contribution in [0.3, 0.4) is 0 Å². The molecule has 100 valence electrons. The van der Waals surface area contributed by atoms with Gasteiger partial charge in [0.05, 0.1) is 16.7 Å². The zero-order valence-electron chi connectivity index (χ0n) is 10.1. The van der Waals surface area contributed by atoms with Crippen LogP contribution in [0.1, 0.15) is 11.1 Å². The molecule has 0 atom stereocenters. The van der Waals surface area contributed by atoms with Gasteiger partial charge in [-0.2, -0.15) is 0 Å². The van der Waals surface area contributed by atoms with E-state index in [0.717, 1.165) is 6.07 Å². The molecule has 0 saturated heterocycles. The van der Waals surface area contributed by atoms with Crippen LogP contribution in [0.25, 0.3) is 0 Å². The van der Waals surface area contributed by atoms with E-state index in [1.54, 1.807) is 6.92 Å². The molecular formula is C13H11BrF2N2O. The minimum absolute atomic E-state index is 0.0779. The molecule has 6 heteroatoms. The van der Waals surface area contributed by atoms with Gasteiger partial charge in [0.25, 0.3) is 5.56 Å². The number of aromatic nitrogens is 1. The molecule has 2 rings (SSSR count). The number of nitrogens with zero attached hydrogens (tertiary/aromatic N) is 1. The van der Waals surface area contributed by atoms with Crippen LogP contribution >= 0.6 is 15.9 Å². The third kappa shape index (κ3) is 2.53. The molecule has 19 heavy (non-hydrogen) atoms. The van der Waals surface area contributed by atoms with Gasteiger partial charge in [0.2, 0.25) is 0 Å². The van der Waals surface area contributed by atoms with E-state index in [1.165, 1.54) is 22.9 Å². The van der Waals surface area contributed by atoms with Gasteiger partial charge < -0.3 is 10.3 Å². The second kappa shape index (κ2) is 5.13. The Kier molecular flexibility index (Phi) is 3.71. The summed E-state index contributed by atoms with van der Waals surface area (Å²) in [5.74, 6) is -1.89. The van der Waals surface area contributed by atoms with Crippen molar-refractivity contribution < 1.29 is 8.78 Å². The zero-order chi connectivity index (χ0) is 14.2. The van der Waals surface area contributed by atoms with Gasteiger partial charge in [0.15, 0.2) is 11.6 Å². The average Bonchev–Trinajstić information content (AvgIpc) is 2.38. The van der Waals surface area contributed by atoms with Crippen molar-refractivity contribution in [3.8, 4) is 0 Å². The third-order valence-corrected chi connectivity index (χ3v) is 3.81. The summed E-state index contributed by atoms with van der Waals surface area (Å²) in [5.41, 5.74) is 6.54. The quantitative estimate of drug-likeness (QED) is 0.921. The predicted octanol–water partition coefficient (Wildman–Crippen LogP) is 2.83. The number of hydrogen-bond donors (Lipinski definition) is 1. The molecule has 0 radical (unpaired) electrons. The Bertz CT molecular complexity index is 698. The molecular weight excluding hydrogens is 318 g/mol. The molecule has 1 heterocycles. The van der Waals surface area contributed by atoms with Crippen LogP contribution in [0.4, 0.5) is 14.5 Å². The van der Waals surface area contributed by atoms with Crippen molar-refractivity contribution in [1.29, 1.82) is 0 Å². The van der Waals surface area contributed by atoms with E-state index in [2.05, 4.69) is 15.9 Å². The molecule has 0 saturated carbocycles. The fourth-order valence-corrected chi connectivity index (χ4v) is 2.16. The first-order chi connectivity index (χ1) is 8.91. The van der Waals surface area contributed by atoms with E-state index < -0.39 is 11.6 Å². The first-order valence-electron chi connectivity index (χ1n) is 5.49. The number of anilines is 1. The Balaban J connectivity index is 2.50. The van der Waals surface area contributed by atoms with Gasteiger partial charge in [-0.3, -0.25) is 4.79 Å². The highest BCUT2D eigenvalue weighted by Gasteiger charge is 2.12. The van der Waals surface area contributed by atoms with Crippen molar-refractivity contribution >= 4 is 21.6 Å². The highest BCUT2D eigenvalue weighted by molar-refractivity contribution is 9.10. The Labute approximate surface area is 116 Å². The van der Waals surface area contributed by atoms with Crippen LogP contribution < -0.4 is 11.3 Å². The van der Waals surface area contributed by atoms with Gasteiger partial charge in [0, 0.05) is 11.8 Å². The molecule has 1 aromatic carbocycles. The van der Waals surface area contributed by atoms with Crippen molar-refractivity contribution in [2.45, 2.75) is 13.5 Å². The number of benzene rings is 1. The highest BCUT2D eigenvalue weighted by atomic mass is 79.9. The lowest BCUT2D eigenvalue weighted by atomic mass is 10.2. The van der Waals surface area contributed by atoms with Crippen molar-refractivity contribution in [2.24, 2.45) is 0 Å². The second-order valence-corrected chi connectivity index (χ2v) is 4.96. The first kappa shape index (κ1) is 13.7. The maximum absolute atomic E-state index is 13.6. The zero-order valence-corrected chi connectivity index (χ0v) is 11.7. The summed E-state index contributed by atoms with van der Waals surface area (Å²) in [6, 6.07) is 3.85. The van der Waals surface area contributed by atoms with Gasteiger partial charge in [-0.1, -0.05) is 12.1 Å². The average molecular weight is 329 g/mol. The standard InChI is InChI=1S/C13H11BrF2N2O/c1-7-10(17)6-18(13(19)11(7)14)5-8-3-2-4-9(15)12(8)16/h2-4,6H,5,17H2,1H3. The summed E-state index contributed by atoms with van der Waals surface area (Å²) in [7, 11) is 0. The van der Waals surface area contributed by atoms with E-state index in [1.807, 2.05) is 0 Å². The fourth-order valence-electron chi connectivity index (χ4n) is 1.71. The van der Waals surface area contributed by atoms with Crippen LogP contribution in [0, 0.1) is 18.6 Å². The van der Waals surface area contributed by atoms with Crippen molar-refractivity contribution in [3.05, 3.63) is 62.0 Å². The number of nitrogens with two attached hydrogens (primary N) is 1. The predicted molar refractivity (Wildman–Crippen MR) is 73.0 cm³/mol. The Morgan fingerprint density at radius 2 is 2.05 bits per heavy atom. The number of rotatable bonds is 2. The number of hydrogen-bond acceptors (Lipinski definition) is 2. The lowest BCUT2D eigenvalue weighted by Gasteiger charge is -2.11. The van der Waals surface area contributed by atoms with E-state index in [-0.39, 0.29) is 17.7 Å². The molecule has 0 fully saturated rings. The summed E-state index contributed by atoms with van der Waals surface area (Å²) in [4.78, 5) is 12.0. The normalized spacial score (nSPS) is 10.7. The minimum Gasteiger partial charge on any atom is -0.397 e. The first-order valence-corrected chi connectivity index (χ1v) is 6.29. The summed E-state index contributed by atoms with van der Waals surface area (Å²) in [5, 5.41) is 0. The molecule has 0 aliphatic rings. The molecule has 0 unspecified atom stereocenters. The lowest BCUT2D eigenvalue weighted by Crippen LogP contribution is -2.23. The van der Waals surface area contributed by atoms with Crippen LogP contribution in [-0.4, -0.2) is 4.57 Å². The Morgan fingerprint density at radius 1 is 1.37 bits per heavy atom. The topological polar surface area (TPSA) is 48.0 Å². The number of nitrogen functional groups attached to an aromatic ring is 1. The van der Waals surface area contributed by atoms with Crippen molar-refractivity contribution in [2.75, 3.05) is 5.73 Å². The van der Waals surface area contributed by atoms with E-state index in [9.17, 15) is 13.6 Å². The molecule has 0 aliphatic carbocycles. The van der Waals surface area contributed by atoms with Gasteiger partial charge in [-0.25, -0.2) is 8.78 Å². The van der Waals surface area contributed by atoms with Gasteiger partial charge in [0.1, 0.15) is 0 Å². The smallest absolute Gasteiger partial charge is 0.265 e. The highest BCUT2D eigenvalue weighted by Crippen LogP contribution is 2.18. The molecule has 0 spiro atoms. The Morgan fingerprint density at radius 3 is 2.74 bits per heavy atom.